The van der Waals surface area contributed by atoms with E-state index in [1.165, 1.54) is 68.9 Å². The molecule has 8 aliphatic rings. The Balaban J connectivity index is 1.22. The lowest BCUT2D eigenvalue weighted by molar-refractivity contribution is -0.219. The third kappa shape index (κ3) is 21.0. The summed E-state index contributed by atoms with van der Waals surface area (Å²) in [5, 5.41) is 8.55. The first kappa shape index (κ1) is 89.3. The molecule has 111 heavy (non-hydrogen) atoms. The van der Waals surface area contributed by atoms with Crippen molar-refractivity contribution in [3.8, 4) is 0 Å². The summed E-state index contributed by atoms with van der Waals surface area (Å²) in [5.74, 6) is -17.0. The van der Waals surface area contributed by atoms with Crippen molar-refractivity contribution in [2.75, 3.05) is 88.7 Å². The number of ether oxygens (including phenoxy) is 1. The molecule has 0 aromatic rings. The largest absolute Gasteiger partial charge is 0.397 e. The Morgan fingerprint density at radius 3 is 1.79 bits per heavy atom. The highest BCUT2D eigenvalue weighted by molar-refractivity contribution is 6.01. The SMILES string of the molecule is CCO[C@@H]1C[C@H]2C(=O)NC3(CC(C)(C)C3)C(=O)N(C)[C@@H](C3CCCC3)C(=O)N(C)[C@H](C(=O)N(C)CC)CC(=O)N(C)[C@@H](C3CCC3)C(=O)N[C@@H]([C@@H](C)CC)C(=O)N(C)CC(=O)N(C)[C@H]3C/C=C\CCN(C3=O)[C@@H](CC3CCC(C(F)(F)F)CC3)C(=O)N(C)CC(=O)N[C@@H](CCC3CC(F)C(C(F)(F)F)C(F)C3)C(=O)N2C1. The number of nitrogens with zero attached hydrogens (tertiary/aromatic N) is 9. The van der Waals surface area contributed by atoms with Crippen molar-refractivity contribution in [1.82, 2.24) is 60.0 Å². The molecule has 12 amide bonds. The van der Waals surface area contributed by atoms with Gasteiger partial charge in [0, 0.05) is 82.0 Å². The molecule has 2 unspecified atom stereocenters. The minimum absolute atomic E-state index is 0.00416. The number of hydrogen-bond donors (Lipinski definition) is 3. The molecule has 3 N–H and O–H groups in total. The Kier molecular flexibility index (Phi) is 30.1. The summed E-state index contributed by atoms with van der Waals surface area (Å²) < 4.78 is 122. The molecule has 1 spiro atoms. The number of rotatable bonds is 13. The lowest BCUT2D eigenvalue weighted by atomic mass is 9.58. The molecule has 0 aromatic heterocycles. The Labute approximate surface area is 647 Å². The number of nitrogens with one attached hydrogen (secondary N) is 3. The summed E-state index contributed by atoms with van der Waals surface area (Å²) >= 11 is 0. The van der Waals surface area contributed by atoms with Crippen LogP contribution in [0.1, 0.15) is 189 Å². The highest BCUT2D eigenvalue weighted by Crippen LogP contribution is 2.51. The quantitative estimate of drug-likeness (QED) is 0.122. The van der Waals surface area contributed by atoms with Crippen LogP contribution in [0.4, 0.5) is 35.1 Å². The number of carbonyl (C=O) groups excluding carboxylic acids is 12. The maximum atomic E-state index is 15.8. The zero-order valence-corrected chi connectivity index (χ0v) is 66.9. The third-order valence-electron chi connectivity index (χ3n) is 25.5. The van der Waals surface area contributed by atoms with Crippen molar-refractivity contribution >= 4 is 70.9 Å². The molecule has 33 heteroatoms. The lowest BCUT2D eigenvalue weighted by Crippen LogP contribution is -2.71. The zero-order chi connectivity index (χ0) is 82.3. The van der Waals surface area contributed by atoms with Crippen LogP contribution in [-0.4, -0.2) is 288 Å². The normalized spacial score (nSPS) is 32.7. The molecule has 2 saturated heterocycles. The number of fused-ring (bicyclic) bond motifs is 3. The molecule has 2 bridgehead atoms. The molecule has 8 rings (SSSR count). The highest BCUT2D eigenvalue weighted by atomic mass is 19.4. The van der Waals surface area contributed by atoms with Gasteiger partial charge in [0.15, 0.2) is 0 Å². The third-order valence-corrected chi connectivity index (χ3v) is 25.5. The van der Waals surface area contributed by atoms with E-state index >= 15 is 47.1 Å². The van der Waals surface area contributed by atoms with Crippen molar-refractivity contribution in [3.63, 3.8) is 0 Å². The van der Waals surface area contributed by atoms with Crippen LogP contribution in [0.25, 0.3) is 0 Å². The predicted octanol–water partition coefficient (Wildman–Crippen LogP) is 7.13. The minimum Gasteiger partial charge on any atom is -0.377 e. The Morgan fingerprint density at radius 2 is 1.23 bits per heavy atom. The molecule has 3 aliphatic heterocycles. The fourth-order valence-corrected chi connectivity index (χ4v) is 18.6. The van der Waals surface area contributed by atoms with Crippen LogP contribution in [0.2, 0.25) is 0 Å². The van der Waals surface area contributed by atoms with Crippen LogP contribution in [0.3, 0.4) is 0 Å². The van der Waals surface area contributed by atoms with E-state index in [1.54, 1.807) is 39.8 Å². The van der Waals surface area contributed by atoms with Crippen molar-refractivity contribution in [2.45, 2.75) is 274 Å². The topological polar surface area (TPSA) is 279 Å². The van der Waals surface area contributed by atoms with Gasteiger partial charge in [-0.15, -0.1) is 0 Å². The Bertz CT molecular complexity index is 3370. The first-order chi connectivity index (χ1) is 52.0. The van der Waals surface area contributed by atoms with Gasteiger partial charge in [-0.2, -0.15) is 26.3 Å². The fourth-order valence-electron chi connectivity index (χ4n) is 18.6. The van der Waals surface area contributed by atoms with Gasteiger partial charge in [-0.3, -0.25) is 57.5 Å². The Hall–Kier alpha value is -7.22. The summed E-state index contributed by atoms with van der Waals surface area (Å²) in [6.45, 7) is 8.87. The average Bonchev–Trinajstić information content (AvgIpc) is 1.45. The summed E-state index contributed by atoms with van der Waals surface area (Å²) in [5.41, 5.74) is -2.37. The summed E-state index contributed by atoms with van der Waals surface area (Å²) in [6, 6.07) is -11.3. The lowest BCUT2D eigenvalue weighted by Gasteiger charge is -2.54. The summed E-state index contributed by atoms with van der Waals surface area (Å²) in [7, 11) is 9.62. The Morgan fingerprint density at radius 1 is 0.631 bits per heavy atom. The number of carbonyl (C=O) groups is 12. The zero-order valence-electron chi connectivity index (χ0n) is 66.9. The summed E-state index contributed by atoms with van der Waals surface area (Å²) in [4.78, 5) is 194. The van der Waals surface area contributed by atoms with E-state index in [2.05, 4.69) is 16.0 Å². The number of alkyl halides is 8. The van der Waals surface area contributed by atoms with Crippen molar-refractivity contribution in [3.05, 3.63) is 12.2 Å². The number of hydrogen-bond acceptors (Lipinski definition) is 13. The average molecular weight is 1590 g/mol. The molecular weight excluding hydrogens is 1460 g/mol. The fraction of sp³-hybridized carbons (Fsp3) is 0.821. The van der Waals surface area contributed by atoms with Crippen molar-refractivity contribution in [1.29, 1.82) is 0 Å². The van der Waals surface area contributed by atoms with E-state index in [0.717, 1.165) is 24.5 Å². The molecule has 0 radical (unpaired) electrons. The van der Waals surface area contributed by atoms with E-state index in [9.17, 15) is 45.5 Å². The molecule has 7 fully saturated rings. The molecule has 3 heterocycles. The molecule has 0 aromatic carbocycles. The second-order valence-electron chi connectivity index (χ2n) is 33.9. The molecule has 25 nitrogen and oxygen atoms in total. The minimum atomic E-state index is -5.22. The van der Waals surface area contributed by atoms with Gasteiger partial charge in [0.25, 0.3) is 0 Å². The van der Waals surface area contributed by atoms with Crippen LogP contribution in [0.15, 0.2) is 12.2 Å². The number of halogens is 8. The number of amides is 12. The predicted molar refractivity (Wildman–Crippen MR) is 393 cm³/mol. The molecule has 5 saturated carbocycles. The van der Waals surface area contributed by atoms with Gasteiger partial charge in [-0.1, -0.05) is 65.5 Å². The van der Waals surface area contributed by atoms with Gasteiger partial charge in [-0.25, -0.2) is 8.78 Å². The maximum Gasteiger partial charge on any atom is 0.397 e. The monoisotopic (exact) mass is 1580 g/mol. The highest BCUT2D eigenvalue weighted by Gasteiger charge is 2.60. The van der Waals surface area contributed by atoms with Gasteiger partial charge >= 0.3 is 12.4 Å². The van der Waals surface area contributed by atoms with Crippen LogP contribution >= 0.6 is 0 Å². The molecule has 12 atom stereocenters. The van der Waals surface area contributed by atoms with Gasteiger partial charge in [-0.05, 0) is 158 Å². The number of likely N-dealkylation sites (N-methyl/N-ethyl adjacent to an activating group) is 7. The van der Waals surface area contributed by atoms with Gasteiger partial charge < -0.3 is 64.8 Å². The maximum absolute atomic E-state index is 15.8. The van der Waals surface area contributed by atoms with Crippen LogP contribution in [0, 0.1) is 46.8 Å². The van der Waals surface area contributed by atoms with Gasteiger partial charge in [0.2, 0.25) is 70.9 Å². The van der Waals surface area contributed by atoms with E-state index in [-0.39, 0.29) is 96.9 Å². The van der Waals surface area contributed by atoms with Crippen LogP contribution in [0.5, 0.6) is 0 Å². The first-order valence-electron chi connectivity index (χ1n) is 40.0. The second-order valence-corrected chi connectivity index (χ2v) is 33.9. The van der Waals surface area contributed by atoms with E-state index in [4.69, 9.17) is 4.74 Å². The van der Waals surface area contributed by atoms with Crippen molar-refractivity contribution < 1.29 is 97.4 Å². The van der Waals surface area contributed by atoms with Crippen LogP contribution in [-0.2, 0) is 62.3 Å². The standard InChI is InChI=1S/C78H120F8N12O13/c1-14-45(4)63-72(108)92(9)42-61(101)93(10)55-27-18-17-21-34-97(71(55)107)58(37-46-28-31-50(32-29-46)77(81,82)83)70(106)91(8)41-59(99)87-54(33-30-47-35-52(79)62(53(80)36-47)78(84,85)86)68(104)98-40-51(111-16-3)38-56(98)66(102)89-76(43-75(5,6)44-76)74(110)96(13)65(49-23-19-20-24-49)73(109)94(11)57(69(105)90(7)15-2)39-60(100)95(12)64(67(103)88-63)48-25-22-26-48/h17-18,45-58,62-65H,14-16,19-44H2,1-13H3,(H,87,99)(H,88,103)(H,89,102)/b18-17-/t45-,46?,47?,50?,51+,52?,53?,54-,55-,56-,57-,58-,62?,63-,64-,65-/m0/s1. The molecular formula is C78H120F8N12O13. The summed E-state index contributed by atoms with van der Waals surface area (Å²) in [6.07, 6.45) is -12.0. The van der Waals surface area contributed by atoms with E-state index < -0.39 is 241 Å². The molecule has 5 aliphatic carbocycles. The second kappa shape index (κ2) is 37.4. The van der Waals surface area contributed by atoms with E-state index in [1.807, 2.05) is 13.8 Å². The van der Waals surface area contributed by atoms with Gasteiger partial charge in [0.1, 0.15) is 72.1 Å². The van der Waals surface area contributed by atoms with Gasteiger partial charge in [0.05, 0.1) is 31.5 Å². The molecule has 626 valence electrons. The smallest absolute Gasteiger partial charge is 0.377 e. The van der Waals surface area contributed by atoms with Crippen molar-refractivity contribution in [2.24, 2.45) is 46.8 Å². The first-order valence-corrected chi connectivity index (χ1v) is 40.0. The van der Waals surface area contributed by atoms with Crippen LogP contribution < -0.4 is 16.0 Å². The van der Waals surface area contributed by atoms with E-state index in [0.29, 0.717) is 51.4 Å².